The molecule has 0 atom stereocenters. The van der Waals surface area contributed by atoms with Gasteiger partial charge in [0.05, 0.1) is 0 Å². The number of rotatable bonds is 3. The third-order valence-electron chi connectivity index (χ3n) is 3.71. The molecule has 0 spiro atoms. The largest absolute Gasteiger partial charge is 0.371 e. The van der Waals surface area contributed by atoms with Gasteiger partial charge in [0.15, 0.2) is 0 Å². The number of aryl methyl sites for hydroxylation is 1. The summed E-state index contributed by atoms with van der Waals surface area (Å²) in [5.74, 6) is 0. The van der Waals surface area contributed by atoms with Crippen LogP contribution in [0, 0.1) is 6.92 Å². The van der Waals surface area contributed by atoms with Gasteiger partial charge >= 0.3 is 0 Å². The lowest BCUT2D eigenvalue weighted by molar-refractivity contribution is 0.650. The maximum absolute atomic E-state index is 5.83. The molecule has 1 aromatic rings. The van der Waals surface area contributed by atoms with Gasteiger partial charge in [-0.25, -0.2) is 0 Å². The lowest BCUT2D eigenvalue weighted by Crippen LogP contribution is -2.30. The van der Waals surface area contributed by atoms with Crippen LogP contribution in [0.25, 0.3) is 0 Å². The third-order valence-corrected chi connectivity index (χ3v) is 3.71. The molecular formula is C14H22N2. The molecule has 0 unspecified atom stereocenters. The molecule has 2 nitrogen and oxygen atoms in total. The molecule has 0 aliphatic heterocycles. The van der Waals surface area contributed by atoms with Gasteiger partial charge in [-0.15, -0.1) is 0 Å². The second-order valence-corrected chi connectivity index (χ2v) is 4.89. The first-order valence-corrected chi connectivity index (χ1v) is 6.25. The van der Waals surface area contributed by atoms with E-state index in [1.807, 2.05) is 0 Å². The number of hydrogen-bond donors (Lipinski definition) is 1. The van der Waals surface area contributed by atoms with Crippen LogP contribution in [-0.2, 0) is 6.54 Å². The van der Waals surface area contributed by atoms with Crippen molar-refractivity contribution in [3.05, 3.63) is 29.3 Å². The van der Waals surface area contributed by atoms with Crippen molar-refractivity contribution in [3.8, 4) is 0 Å². The van der Waals surface area contributed by atoms with E-state index in [-0.39, 0.29) is 0 Å². The Kier molecular flexibility index (Phi) is 3.49. The number of nitrogens with zero attached hydrogens (tertiary/aromatic N) is 1. The minimum atomic E-state index is 0.633. The van der Waals surface area contributed by atoms with Gasteiger partial charge in [0.25, 0.3) is 0 Å². The van der Waals surface area contributed by atoms with E-state index >= 15 is 0 Å². The quantitative estimate of drug-likeness (QED) is 0.845. The van der Waals surface area contributed by atoms with Crippen LogP contribution in [-0.4, -0.2) is 13.1 Å². The van der Waals surface area contributed by atoms with Crippen LogP contribution in [0.15, 0.2) is 18.2 Å². The third kappa shape index (κ3) is 2.22. The molecule has 2 heteroatoms. The second-order valence-electron chi connectivity index (χ2n) is 4.89. The van der Waals surface area contributed by atoms with E-state index in [1.54, 1.807) is 0 Å². The molecule has 2 rings (SSSR count). The van der Waals surface area contributed by atoms with E-state index in [1.165, 1.54) is 42.5 Å². The van der Waals surface area contributed by atoms with E-state index in [9.17, 15) is 0 Å². The molecular weight excluding hydrogens is 196 g/mol. The Labute approximate surface area is 98.4 Å². The zero-order valence-electron chi connectivity index (χ0n) is 10.4. The highest BCUT2D eigenvalue weighted by atomic mass is 15.1. The van der Waals surface area contributed by atoms with Crippen molar-refractivity contribution >= 4 is 5.69 Å². The standard InChI is InChI=1S/C14H22N2/c1-11-7-8-14(12(9-11)10-15)16(2)13-5-3-4-6-13/h7-9,13H,3-6,10,15H2,1-2H3. The van der Waals surface area contributed by atoms with Gasteiger partial charge < -0.3 is 10.6 Å². The van der Waals surface area contributed by atoms with Crippen molar-refractivity contribution in [2.45, 2.75) is 45.2 Å². The summed E-state index contributed by atoms with van der Waals surface area (Å²) in [6.07, 6.45) is 5.40. The Morgan fingerprint density at radius 1 is 1.31 bits per heavy atom. The first-order chi connectivity index (χ1) is 7.72. The molecule has 16 heavy (non-hydrogen) atoms. The fraction of sp³-hybridized carbons (Fsp3) is 0.571. The van der Waals surface area contributed by atoms with Crippen LogP contribution in [0.1, 0.15) is 36.8 Å². The number of benzene rings is 1. The first-order valence-electron chi connectivity index (χ1n) is 6.25. The Bertz CT molecular complexity index is 354. The molecule has 1 aliphatic carbocycles. The van der Waals surface area contributed by atoms with Crippen molar-refractivity contribution in [3.63, 3.8) is 0 Å². The summed E-state index contributed by atoms with van der Waals surface area (Å²) in [5, 5.41) is 0. The van der Waals surface area contributed by atoms with Crippen LogP contribution in [0.2, 0.25) is 0 Å². The summed E-state index contributed by atoms with van der Waals surface area (Å²) in [5.41, 5.74) is 9.72. The molecule has 0 amide bonds. The highest BCUT2D eigenvalue weighted by Gasteiger charge is 2.21. The highest BCUT2D eigenvalue weighted by molar-refractivity contribution is 5.55. The van der Waals surface area contributed by atoms with Gasteiger partial charge in [0.2, 0.25) is 0 Å². The molecule has 2 N–H and O–H groups in total. The molecule has 1 aliphatic rings. The Morgan fingerprint density at radius 2 is 2.00 bits per heavy atom. The molecule has 0 saturated heterocycles. The Hall–Kier alpha value is -1.02. The van der Waals surface area contributed by atoms with E-state index in [0.717, 1.165) is 0 Å². The maximum Gasteiger partial charge on any atom is 0.0411 e. The van der Waals surface area contributed by atoms with Gasteiger partial charge in [0.1, 0.15) is 0 Å². The van der Waals surface area contributed by atoms with Gasteiger partial charge in [-0.05, 0) is 31.4 Å². The lowest BCUT2D eigenvalue weighted by Gasteiger charge is -2.28. The normalized spacial score (nSPS) is 16.7. The van der Waals surface area contributed by atoms with Crippen LogP contribution in [0.3, 0.4) is 0 Å². The van der Waals surface area contributed by atoms with Crippen molar-refractivity contribution in [1.29, 1.82) is 0 Å². The van der Waals surface area contributed by atoms with Gasteiger partial charge in [0, 0.05) is 25.3 Å². The van der Waals surface area contributed by atoms with E-state index in [2.05, 4.69) is 37.1 Å². The summed E-state index contributed by atoms with van der Waals surface area (Å²) in [4.78, 5) is 2.43. The average molecular weight is 218 g/mol. The van der Waals surface area contributed by atoms with Gasteiger partial charge in [-0.1, -0.05) is 30.5 Å². The van der Waals surface area contributed by atoms with Gasteiger partial charge in [-0.3, -0.25) is 0 Å². The van der Waals surface area contributed by atoms with E-state index < -0.39 is 0 Å². The maximum atomic E-state index is 5.83. The summed E-state index contributed by atoms with van der Waals surface area (Å²) in [6, 6.07) is 7.32. The predicted molar refractivity (Wildman–Crippen MR) is 69.7 cm³/mol. The molecule has 0 radical (unpaired) electrons. The van der Waals surface area contributed by atoms with Crippen LogP contribution in [0.4, 0.5) is 5.69 Å². The van der Waals surface area contributed by atoms with E-state index in [0.29, 0.717) is 12.6 Å². The lowest BCUT2D eigenvalue weighted by atomic mass is 10.1. The molecule has 0 heterocycles. The predicted octanol–water partition coefficient (Wildman–Crippen LogP) is 2.83. The summed E-state index contributed by atoms with van der Waals surface area (Å²) in [6.45, 7) is 2.76. The molecule has 1 saturated carbocycles. The summed E-state index contributed by atoms with van der Waals surface area (Å²) >= 11 is 0. The molecule has 1 aromatic carbocycles. The van der Waals surface area contributed by atoms with E-state index in [4.69, 9.17) is 5.73 Å². The Balaban J connectivity index is 2.24. The zero-order chi connectivity index (χ0) is 11.5. The zero-order valence-corrected chi connectivity index (χ0v) is 10.4. The fourth-order valence-electron chi connectivity index (χ4n) is 2.71. The topological polar surface area (TPSA) is 29.3 Å². The monoisotopic (exact) mass is 218 g/mol. The SMILES string of the molecule is Cc1ccc(N(C)C2CCCC2)c(CN)c1. The molecule has 1 fully saturated rings. The Morgan fingerprint density at radius 3 is 2.62 bits per heavy atom. The number of anilines is 1. The second kappa shape index (κ2) is 4.88. The van der Waals surface area contributed by atoms with Crippen molar-refractivity contribution < 1.29 is 0 Å². The molecule has 88 valence electrons. The average Bonchev–Trinajstić information content (AvgIpc) is 2.81. The minimum absolute atomic E-state index is 0.633. The first kappa shape index (κ1) is 11.5. The van der Waals surface area contributed by atoms with Crippen molar-refractivity contribution in [1.82, 2.24) is 0 Å². The smallest absolute Gasteiger partial charge is 0.0411 e. The highest BCUT2D eigenvalue weighted by Crippen LogP contribution is 2.29. The van der Waals surface area contributed by atoms with Gasteiger partial charge in [-0.2, -0.15) is 0 Å². The van der Waals surface area contributed by atoms with Crippen molar-refractivity contribution in [2.75, 3.05) is 11.9 Å². The molecule has 0 aromatic heterocycles. The van der Waals surface area contributed by atoms with Crippen LogP contribution < -0.4 is 10.6 Å². The van der Waals surface area contributed by atoms with Crippen LogP contribution in [0.5, 0.6) is 0 Å². The van der Waals surface area contributed by atoms with Crippen molar-refractivity contribution in [2.24, 2.45) is 5.73 Å². The van der Waals surface area contributed by atoms with Crippen LogP contribution >= 0.6 is 0 Å². The molecule has 0 bridgehead atoms. The minimum Gasteiger partial charge on any atom is -0.371 e. The number of hydrogen-bond acceptors (Lipinski definition) is 2. The summed E-state index contributed by atoms with van der Waals surface area (Å²) in [7, 11) is 2.21. The number of nitrogens with two attached hydrogens (primary N) is 1. The summed E-state index contributed by atoms with van der Waals surface area (Å²) < 4.78 is 0. The fourth-order valence-corrected chi connectivity index (χ4v) is 2.71.